The van der Waals surface area contributed by atoms with Gasteiger partial charge in [-0.2, -0.15) is 5.26 Å². The van der Waals surface area contributed by atoms with E-state index >= 15 is 0 Å². The molecule has 0 aliphatic carbocycles. The van der Waals surface area contributed by atoms with Crippen LogP contribution < -0.4 is 18.9 Å². The van der Waals surface area contributed by atoms with Gasteiger partial charge in [0.25, 0.3) is 0 Å². The van der Waals surface area contributed by atoms with Crippen LogP contribution in [-0.4, -0.2) is 27.3 Å². The van der Waals surface area contributed by atoms with Gasteiger partial charge in [-0.3, -0.25) is 4.79 Å². The van der Waals surface area contributed by atoms with E-state index in [1.54, 1.807) is 36.4 Å². The first-order chi connectivity index (χ1) is 12.1. The molecule has 2 rings (SSSR count). The van der Waals surface area contributed by atoms with Gasteiger partial charge in [0.1, 0.15) is 11.8 Å². The molecule has 0 saturated carbocycles. The van der Waals surface area contributed by atoms with Gasteiger partial charge in [-0.15, -0.1) is 0 Å². The van der Waals surface area contributed by atoms with Crippen LogP contribution in [0.3, 0.4) is 0 Å². The third-order valence-electron chi connectivity index (χ3n) is 3.57. The van der Waals surface area contributed by atoms with Gasteiger partial charge in [0.2, 0.25) is 5.75 Å². The first-order valence-corrected chi connectivity index (χ1v) is 7.61. The van der Waals surface area contributed by atoms with Crippen molar-refractivity contribution in [2.24, 2.45) is 0 Å². The van der Waals surface area contributed by atoms with Crippen molar-refractivity contribution >= 4 is 5.97 Å². The zero-order valence-electron chi connectivity index (χ0n) is 14.4. The molecular weight excluding hydrogens is 322 g/mol. The highest BCUT2D eigenvalue weighted by molar-refractivity contribution is 5.73. The monoisotopic (exact) mass is 341 g/mol. The normalized spacial score (nSPS) is 9.84. The molecule has 6 heteroatoms. The fourth-order valence-corrected chi connectivity index (χ4v) is 2.35. The fourth-order valence-electron chi connectivity index (χ4n) is 2.35. The Kier molecular flexibility index (Phi) is 6.24. The second-order valence-electron chi connectivity index (χ2n) is 5.12. The molecule has 0 unspecified atom stereocenters. The molecule has 0 amide bonds. The van der Waals surface area contributed by atoms with E-state index in [-0.39, 0.29) is 12.2 Å². The Morgan fingerprint density at radius 2 is 1.64 bits per heavy atom. The van der Waals surface area contributed by atoms with Gasteiger partial charge in [-0.25, -0.2) is 0 Å². The Bertz CT molecular complexity index is 770. The molecule has 0 radical (unpaired) electrons. The molecule has 25 heavy (non-hydrogen) atoms. The summed E-state index contributed by atoms with van der Waals surface area (Å²) in [4.78, 5) is 12.1. The van der Waals surface area contributed by atoms with Crippen LogP contribution >= 0.6 is 0 Å². The number of hydrogen-bond donors (Lipinski definition) is 0. The number of esters is 1. The van der Waals surface area contributed by atoms with Crippen LogP contribution in [0.5, 0.6) is 23.0 Å². The molecule has 2 aromatic rings. The molecule has 0 saturated heterocycles. The molecule has 0 spiro atoms. The zero-order chi connectivity index (χ0) is 18.2. The molecule has 0 heterocycles. The second kappa shape index (κ2) is 8.60. The number of carbonyl (C=O) groups is 1. The SMILES string of the molecule is COc1cc(CCC(=O)Oc2ccccc2C#N)cc(OC)c1OC. The molecule has 6 nitrogen and oxygen atoms in total. The lowest BCUT2D eigenvalue weighted by Crippen LogP contribution is -2.10. The quantitative estimate of drug-likeness (QED) is 0.569. The lowest BCUT2D eigenvalue weighted by atomic mass is 10.1. The fraction of sp³-hybridized carbons (Fsp3) is 0.263. The lowest BCUT2D eigenvalue weighted by Gasteiger charge is -2.14. The lowest BCUT2D eigenvalue weighted by molar-refractivity contribution is -0.134. The summed E-state index contributed by atoms with van der Waals surface area (Å²) in [6, 6.07) is 12.2. The molecule has 0 atom stereocenters. The number of benzene rings is 2. The Hall–Kier alpha value is -3.20. The topological polar surface area (TPSA) is 77.8 Å². The number of nitrogens with zero attached hydrogens (tertiary/aromatic N) is 1. The summed E-state index contributed by atoms with van der Waals surface area (Å²) in [5.74, 6) is 1.40. The minimum absolute atomic E-state index is 0.151. The Balaban J connectivity index is 2.08. The zero-order valence-corrected chi connectivity index (χ0v) is 14.4. The highest BCUT2D eigenvalue weighted by Gasteiger charge is 2.15. The first kappa shape index (κ1) is 18.1. The number of nitriles is 1. The Labute approximate surface area is 146 Å². The number of para-hydroxylation sites is 1. The van der Waals surface area contributed by atoms with Gasteiger partial charge in [0.15, 0.2) is 11.5 Å². The van der Waals surface area contributed by atoms with Crippen molar-refractivity contribution in [3.05, 3.63) is 47.5 Å². The van der Waals surface area contributed by atoms with Crippen molar-refractivity contribution in [1.82, 2.24) is 0 Å². The highest BCUT2D eigenvalue weighted by atomic mass is 16.5. The van der Waals surface area contributed by atoms with Crippen LogP contribution in [0.1, 0.15) is 17.5 Å². The number of rotatable bonds is 7. The predicted octanol–water partition coefficient (Wildman–Crippen LogP) is 3.12. The summed E-state index contributed by atoms with van der Waals surface area (Å²) in [7, 11) is 4.60. The number of methoxy groups -OCH3 is 3. The van der Waals surface area contributed by atoms with Gasteiger partial charge in [-0.05, 0) is 36.2 Å². The van der Waals surface area contributed by atoms with Crippen molar-refractivity contribution in [3.63, 3.8) is 0 Å². The molecule has 0 N–H and O–H groups in total. The van der Waals surface area contributed by atoms with Crippen molar-refractivity contribution in [3.8, 4) is 29.1 Å². The van der Waals surface area contributed by atoms with Gasteiger partial charge in [0.05, 0.1) is 26.9 Å². The van der Waals surface area contributed by atoms with Crippen LogP contribution in [0.25, 0.3) is 0 Å². The number of hydrogen-bond acceptors (Lipinski definition) is 6. The summed E-state index contributed by atoms with van der Waals surface area (Å²) in [6.45, 7) is 0. The molecule has 0 aliphatic rings. The highest BCUT2D eigenvalue weighted by Crippen LogP contribution is 2.38. The average molecular weight is 341 g/mol. The summed E-state index contributed by atoms with van der Waals surface area (Å²) < 4.78 is 21.1. The van der Waals surface area contributed by atoms with E-state index in [1.807, 2.05) is 6.07 Å². The van der Waals surface area contributed by atoms with Crippen LogP contribution in [0.15, 0.2) is 36.4 Å². The van der Waals surface area contributed by atoms with E-state index in [2.05, 4.69) is 0 Å². The predicted molar refractivity (Wildman–Crippen MR) is 91.2 cm³/mol. The van der Waals surface area contributed by atoms with E-state index < -0.39 is 5.97 Å². The van der Waals surface area contributed by atoms with E-state index in [4.69, 9.17) is 24.2 Å². The van der Waals surface area contributed by atoms with E-state index in [1.165, 1.54) is 21.3 Å². The van der Waals surface area contributed by atoms with Crippen molar-refractivity contribution in [2.45, 2.75) is 12.8 Å². The van der Waals surface area contributed by atoms with Crippen molar-refractivity contribution in [2.75, 3.05) is 21.3 Å². The molecule has 130 valence electrons. The first-order valence-electron chi connectivity index (χ1n) is 7.61. The van der Waals surface area contributed by atoms with E-state index in [0.29, 0.717) is 29.2 Å². The standard InChI is InChI=1S/C19H19NO5/c1-22-16-10-13(11-17(23-2)19(16)24-3)8-9-18(21)25-15-7-5-4-6-14(15)12-20/h4-7,10-11H,8-9H2,1-3H3. The largest absolute Gasteiger partial charge is 0.493 e. The smallest absolute Gasteiger partial charge is 0.311 e. The van der Waals surface area contributed by atoms with Crippen LogP contribution in [0.4, 0.5) is 0 Å². The summed E-state index contributed by atoms with van der Waals surface area (Å²) >= 11 is 0. The van der Waals surface area contributed by atoms with E-state index in [9.17, 15) is 4.79 Å². The maximum absolute atomic E-state index is 12.1. The Morgan fingerprint density at radius 1 is 1.00 bits per heavy atom. The van der Waals surface area contributed by atoms with Crippen LogP contribution in [-0.2, 0) is 11.2 Å². The average Bonchev–Trinajstić information content (AvgIpc) is 2.65. The van der Waals surface area contributed by atoms with Gasteiger partial charge >= 0.3 is 5.97 Å². The van der Waals surface area contributed by atoms with Crippen LogP contribution in [0.2, 0.25) is 0 Å². The Morgan fingerprint density at radius 3 is 2.20 bits per heavy atom. The molecular formula is C19H19NO5. The minimum atomic E-state index is -0.420. The second-order valence-corrected chi connectivity index (χ2v) is 5.12. The summed E-state index contributed by atoms with van der Waals surface area (Å²) in [5, 5.41) is 9.02. The van der Waals surface area contributed by atoms with Gasteiger partial charge < -0.3 is 18.9 Å². The summed E-state index contributed by atoms with van der Waals surface area (Å²) in [5.41, 5.74) is 1.17. The number of aryl methyl sites for hydroxylation is 1. The molecule has 0 aliphatic heterocycles. The maximum Gasteiger partial charge on any atom is 0.311 e. The molecule has 2 aromatic carbocycles. The van der Waals surface area contributed by atoms with Gasteiger partial charge in [0, 0.05) is 6.42 Å². The molecule has 0 fully saturated rings. The number of carbonyl (C=O) groups excluding carboxylic acids is 1. The van der Waals surface area contributed by atoms with E-state index in [0.717, 1.165) is 5.56 Å². The van der Waals surface area contributed by atoms with Crippen molar-refractivity contribution < 1.29 is 23.7 Å². The third kappa shape index (κ3) is 4.42. The minimum Gasteiger partial charge on any atom is -0.493 e. The number of ether oxygens (including phenoxy) is 4. The van der Waals surface area contributed by atoms with Crippen LogP contribution in [0, 0.1) is 11.3 Å². The molecule has 0 bridgehead atoms. The van der Waals surface area contributed by atoms with Gasteiger partial charge in [-0.1, -0.05) is 12.1 Å². The third-order valence-corrected chi connectivity index (χ3v) is 3.57. The van der Waals surface area contributed by atoms with Crippen molar-refractivity contribution in [1.29, 1.82) is 5.26 Å². The maximum atomic E-state index is 12.1. The summed E-state index contributed by atoms with van der Waals surface area (Å²) in [6.07, 6.45) is 0.586. The molecule has 0 aromatic heterocycles.